The minimum Gasteiger partial charge on any atom is -0.490 e. The topological polar surface area (TPSA) is 150 Å². The largest absolute Gasteiger partial charge is 0.490 e. The molecule has 1 aliphatic heterocycles. The molecular formula is C32H27F4N5O5. The van der Waals surface area contributed by atoms with E-state index in [2.05, 4.69) is 20.5 Å². The van der Waals surface area contributed by atoms with E-state index >= 15 is 0 Å². The zero-order valence-electron chi connectivity index (χ0n) is 24.3. The summed E-state index contributed by atoms with van der Waals surface area (Å²) in [5.74, 6) is -1.98. The van der Waals surface area contributed by atoms with Gasteiger partial charge in [-0.05, 0) is 74.4 Å². The van der Waals surface area contributed by atoms with Crippen molar-refractivity contribution in [2.24, 2.45) is 5.73 Å². The van der Waals surface area contributed by atoms with Crippen LogP contribution in [0.25, 0.3) is 22.4 Å². The van der Waals surface area contributed by atoms with Gasteiger partial charge in [-0.2, -0.15) is 23.4 Å². The third-order valence-corrected chi connectivity index (χ3v) is 8.09. The van der Waals surface area contributed by atoms with Crippen molar-refractivity contribution in [3.63, 3.8) is 0 Å². The molecule has 0 bridgehead atoms. The number of benzene rings is 2. The second-order valence-corrected chi connectivity index (χ2v) is 11.4. The van der Waals surface area contributed by atoms with Crippen LogP contribution in [-0.4, -0.2) is 57.5 Å². The van der Waals surface area contributed by atoms with Crippen molar-refractivity contribution in [1.29, 1.82) is 0 Å². The fraction of sp³-hybridized carbons (Fsp3) is 0.281. The maximum Gasteiger partial charge on any atom is 0.424 e. The number of pyridine rings is 1. The normalized spacial score (nSPS) is 18.7. The molecule has 0 spiro atoms. The molecule has 4 aromatic rings. The lowest BCUT2D eigenvalue weighted by molar-refractivity contribution is -0.265. The highest BCUT2D eigenvalue weighted by molar-refractivity contribution is 5.96. The van der Waals surface area contributed by atoms with Crippen molar-refractivity contribution in [3.05, 3.63) is 89.6 Å². The molecule has 238 valence electrons. The summed E-state index contributed by atoms with van der Waals surface area (Å²) in [7, 11) is 0. The summed E-state index contributed by atoms with van der Waals surface area (Å²) in [6, 6.07) is 11.6. The van der Waals surface area contributed by atoms with Gasteiger partial charge in [0, 0.05) is 27.8 Å². The van der Waals surface area contributed by atoms with Crippen LogP contribution >= 0.6 is 0 Å². The zero-order valence-corrected chi connectivity index (χ0v) is 24.3. The first-order valence-electron chi connectivity index (χ1n) is 14.2. The van der Waals surface area contributed by atoms with E-state index in [0.29, 0.717) is 16.9 Å². The predicted molar refractivity (Wildman–Crippen MR) is 155 cm³/mol. The lowest BCUT2D eigenvalue weighted by Crippen LogP contribution is -2.51. The lowest BCUT2D eigenvalue weighted by atomic mass is 9.81. The molecule has 0 saturated heterocycles. The summed E-state index contributed by atoms with van der Waals surface area (Å²) in [6.07, 6.45) is -0.685. The number of ether oxygens (including phenoxy) is 2. The SMILES string of the molecule is C[C@]1(C(N)=O)COc2c1cc(C(O)(CNC(=O)c1ccc(OC3CC3)c(-c3ccnnc3)c1)C(F)(F)F)nc2-c1ccc(F)cc1. The Morgan fingerprint density at radius 2 is 1.83 bits per heavy atom. The number of nitrogens with zero attached hydrogens (tertiary/aromatic N) is 3. The number of fused-ring (bicyclic) bond motifs is 1. The van der Waals surface area contributed by atoms with E-state index in [1.165, 1.54) is 43.6 Å². The van der Waals surface area contributed by atoms with Crippen molar-refractivity contribution < 1.29 is 41.7 Å². The van der Waals surface area contributed by atoms with Crippen LogP contribution in [0, 0.1) is 5.82 Å². The number of primary amides is 1. The molecule has 2 aromatic carbocycles. The molecule has 2 atom stereocenters. The van der Waals surface area contributed by atoms with E-state index in [1.807, 2.05) is 0 Å². The quantitative estimate of drug-likeness (QED) is 0.231. The molecule has 0 radical (unpaired) electrons. The molecule has 1 unspecified atom stereocenters. The van der Waals surface area contributed by atoms with E-state index in [1.54, 1.807) is 12.1 Å². The number of aromatic nitrogens is 3. The van der Waals surface area contributed by atoms with E-state index in [4.69, 9.17) is 15.2 Å². The summed E-state index contributed by atoms with van der Waals surface area (Å²) in [5, 5.41) is 21.1. The van der Waals surface area contributed by atoms with Crippen molar-refractivity contribution >= 4 is 11.8 Å². The average molecular weight is 638 g/mol. The Kier molecular flexibility index (Phi) is 7.63. The summed E-state index contributed by atoms with van der Waals surface area (Å²) in [4.78, 5) is 29.8. The Bertz CT molecular complexity index is 1820. The van der Waals surface area contributed by atoms with Crippen molar-refractivity contribution in [1.82, 2.24) is 20.5 Å². The molecule has 2 aromatic heterocycles. The molecule has 1 fully saturated rings. The molecular weight excluding hydrogens is 610 g/mol. The lowest BCUT2D eigenvalue weighted by Gasteiger charge is -2.31. The highest BCUT2D eigenvalue weighted by atomic mass is 19.4. The zero-order chi connectivity index (χ0) is 32.9. The van der Waals surface area contributed by atoms with Crippen LogP contribution in [0.2, 0.25) is 0 Å². The van der Waals surface area contributed by atoms with Crippen LogP contribution in [0.3, 0.4) is 0 Å². The molecule has 14 heteroatoms. The Morgan fingerprint density at radius 1 is 1.09 bits per heavy atom. The number of nitrogens with two attached hydrogens (primary N) is 1. The second-order valence-electron chi connectivity index (χ2n) is 11.4. The molecule has 1 saturated carbocycles. The third kappa shape index (κ3) is 5.60. The molecule has 10 nitrogen and oxygen atoms in total. The van der Waals surface area contributed by atoms with Crippen molar-refractivity contribution in [2.75, 3.05) is 13.2 Å². The highest BCUT2D eigenvalue weighted by Gasteiger charge is 2.57. The van der Waals surface area contributed by atoms with Gasteiger partial charge >= 0.3 is 6.18 Å². The predicted octanol–water partition coefficient (Wildman–Crippen LogP) is 4.20. The van der Waals surface area contributed by atoms with Gasteiger partial charge in [0.1, 0.15) is 35.0 Å². The van der Waals surface area contributed by atoms with Gasteiger partial charge in [-0.25, -0.2) is 9.37 Å². The molecule has 2 amide bonds. The number of halogens is 4. The van der Waals surface area contributed by atoms with Crippen LogP contribution < -0.4 is 20.5 Å². The maximum atomic E-state index is 14.8. The average Bonchev–Trinajstić information content (AvgIpc) is 3.79. The first-order chi connectivity index (χ1) is 21.8. The Morgan fingerprint density at radius 3 is 2.46 bits per heavy atom. The minimum atomic E-state index is -5.36. The van der Waals surface area contributed by atoms with Gasteiger partial charge in [0.2, 0.25) is 11.5 Å². The number of hydrogen-bond donors (Lipinski definition) is 3. The molecule has 6 rings (SSSR count). The van der Waals surface area contributed by atoms with Gasteiger partial charge in [0.05, 0.1) is 30.7 Å². The summed E-state index contributed by atoms with van der Waals surface area (Å²) < 4.78 is 69.6. The Labute approximate surface area is 259 Å². The van der Waals surface area contributed by atoms with Crippen molar-refractivity contribution in [2.45, 2.75) is 43.1 Å². The van der Waals surface area contributed by atoms with Gasteiger partial charge in [0.25, 0.3) is 5.91 Å². The van der Waals surface area contributed by atoms with Crippen LogP contribution in [0.4, 0.5) is 17.6 Å². The molecule has 2 aliphatic rings. The fourth-order valence-corrected chi connectivity index (χ4v) is 5.06. The van der Waals surface area contributed by atoms with Gasteiger partial charge in [-0.1, -0.05) is 0 Å². The Balaban J connectivity index is 1.38. The monoisotopic (exact) mass is 637 g/mol. The maximum absolute atomic E-state index is 14.8. The number of carbonyl (C=O) groups excluding carboxylic acids is 2. The number of alkyl halides is 3. The van der Waals surface area contributed by atoms with Gasteiger partial charge < -0.3 is 25.6 Å². The van der Waals surface area contributed by atoms with Crippen molar-refractivity contribution in [3.8, 4) is 33.9 Å². The number of amides is 2. The van der Waals surface area contributed by atoms with Gasteiger partial charge in [-0.15, -0.1) is 0 Å². The molecule has 46 heavy (non-hydrogen) atoms. The fourth-order valence-electron chi connectivity index (χ4n) is 5.06. The summed E-state index contributed by atoms with van der Waals surface area (Å²) >= 11 is 0. The first kappa shape index (κ1) is 30.9. The molecule has 1 aliphatic carbocycles. The van der Waals surface area contributed by atoms with Crippen LogP contribution in [0.15, 0.2) is 67.0 Å². The van der Waals surface area contributed by atoms with E-state index in [9.17, 15) is 32.3 Å². The Hall–Kier alpha value is -5.11. The number of nitrogens with one attached hydrogen (secondary N) is 1. The smallest absolute Gasteiger partial charge is 0.424 e. The van der Waals surface area contributed by atoms with E-state index in [0.717, 1.165) is 31.0 Å². The number of hydrogen-bond acceptors (Lipinski definition) is 8. The first-order valence-corrected chi connectivity index (χ1v) is 14.2. The molecule has 3 heterocycles. The van der Waals surface area contributed by atoms with Gasteiger partial charge in [-0.3, -0.25) is 9.59 Å². The second kappa shape index (κ2) is 11.4. The number of rotatable bonds is 9. The highest BCUT2D eigenvalue weighted by Crippen LogP contribution is 2.47. The van der Waals surface area contributed by atoms with E-state index in [-0.39, 0.29) is 40.8 Å². The van der Waals surface area contributed by atoms with Crippen LogP contribution in [0.1, 0.15) is 41.4 Å². The van der Waals surface area contributed by atoms with E-state index < -0.39 is 47.1 Å². The summed E-state index contributed by atoms with van der Waals surface area (Å²) in [5.41, 5.74) is 0.372. The van der Waals surface area contributed by atoms with Gasteiger partial charge in [0.15, 0.2) is 0 Å². The number of carbonyl (C=O) groups is 2. The van der Waals surface area contributed by atoms with Crippen LogP contribution in [-0.2, 0) is 15.8 Å². The molecule has 4 N–H and O–H groups in total. The van der Waals surface area contributed by atoms with Crippen LogP contribution in [0.5, 0.6) is 11.5 Å². The standard InChI is InChI=1S/C32H27F4N5O5/c1-30(29(37)43)16-45-27-23(30)13-25(41-26(27)17-2-5-20(33)6-3-17)31(44,32(34,35)36)15-38-28(42)18-4-9-24(46-21-7-8-21)22(12-18)19-10-11-39-40-14-19/h2-6,9-14,21,44H,7-8,15-16H2,1H3,(H2,37,43)(H,38,42)/t30-,31?/m0/s1. The summed E-state index contributed by atoms with van der Waals surface area (Å²) in [6.45, 7) is -0.251. The minimum absolute atomic E-state index is 0.0110. The third-order valence-electron chi connectivity index (χ3n) is 8.09. The number of aliphatic hydroxyl groups is 1.